The summed E-state index contributed by atoms with van der Waals surface area (Å²) in [6.45, 7) is 4.87. The Labute approximate surface area is 184 Å². The number of nitrogens with zero attached hydrogens (tertiary/aromatic N) is 4. The van der Waals surface area contributed by atoms with Gasteiger partial charge in [-0.1, -0.05) is 12.8 Å². The maximum Gasteiger partial charge on any atom is 0.224 e. The number of nitrogens with one attached hydrogen (secondary N) is 1. The van der Waals surface area contributed by atoms with Crippen molar-refractivity contribution in [3.05, 3.63) is 30.0 Å². The molecule has 0 bridgehead atoms. The number of anilines is 2. The van der Waals surface area contributed by atoms with Gasteiger partial charge >= 0.3 is 0 Å². The molecule has 2 saturated heterocycles. The van der Waals surface area contributed by atoms with Gasteiger partial charge in [0.15, 0.2) is 11.5 Å². The molecule has 8 heteroatoms. The monoisotopic (exact) mass is 427 g/mol. The van der Waals surface area contributed by atoms with Crippen LogP contribution in [0.5, 0.6) is 17.2 Å². The van der Waals surface area contributed by atoms with E-state index in [4.69, 9.17) is 19.2 Å². The molecule has 2 fully saturated rings. The lowest BCUT2D eigenvalue weighted by molar-refractivity contribution is 0.152. The lowest BCUT2D eigenvalue weighted by atomic mass is 10.1. The van der Waals surface area contributed by atoms with Crippen LogP contribution in [0, 0.1) is 0 Å². The number of hydrogen-bond donors (Lipinski definition) is 1. The third-order valence-electron chi connectivity index (χ3n) is 5.99. The van der Waals surface area contributed by atoms with E-state index in [1.165, 1.54) is 25.7 Å². The van der Waals surface area contributed by atoms with Gasteiger partial charge in [-0.05, 0) is 36.6 Å². The minimum absolute atomic E-state index is 0.349. The zero-order valence-electron chi connectivity index (χ0n) is 18.8. The second kappa shape index (κ2) is 10.0. The van der Waals surface area contributed by atoms with Gasteiger partial charge in [0.25, 0.3) is 0 Å². The molecule has 0 radical (unpaired) electrons. The summed E-state index contributed by atoms with van der Waals surface area (Å²) in [5, 5.41) is 3.49. The molecule has 4 rings (SSSR count). The Morgan fingerprint density at radius 3 is 2.26 bits per heavy atom. The Hall–Kier alpha value is -2.74. The van der Waals surface area contributed by atoms with Crippen molar-refractivity contribution >= 4 is 11.8 Å². The van der Waals surface area contributed by atoms with E-state index in [0.717, 1.165) is 50.1 Å². The van der Waals surface area contributed by atoms with E-state index in [-0.39, 0.29) is 0 Å². The van der Waals surface area contributed by atoms with Gasteiger partial charge < -0.3 is 24.4 Å². The lowest BCUT2D eigenvalue weighted by Gasteiger charge is -2.39. The molecule has 0 amide bonds. The highest BCUT2D eigenvalue weighted by Crippen LogP contribution is 2.38. The van der Waals surface area contributed by atoms with Gasteiger partial charge in [-0.3, -0.25) is 4.90 Å². The van der Waals surface area contributed by atoms with Crippen LogP contribution in [0.4, 0.5) is 11.8 Å². The summed E-state index contributed by atoms with van der Waals surface area (Å²) in [5.41, 5.74) is 1.13. The summed E-state index contributed by atoms with van der Waals surface area (Å²) in [4.78, 5) is 14.0. The Morgan fingerprint density at radius 2 is 1.65 bits per heavy atom. The SMILES string of the molecule is COc1cc(CN2CC(Nc3nccc(N4CCCCCC4)n3)C2)cc(OC)c1OC. The molecule has 168 valence electrons. The van der Waals surface area contributed by atoms with Gasteiger partial charge in [-0.25, -0.2) is 4.98 Å². The third kappa shape index (κ3) is 5.12. The molecule has 8 nitrogen and oxygen atoms in total. The molecule has 0 unspecified atom stereocenters. The van der Waals surface area contributed by atoms with E-state index in [2.05, 4.69) is 20.1 Å². The van der Waals surface area contributed by atoms with E-state index in [1.807, 2.05) is 24.4 Å². The number of aromatic nitrogens is 2. The molecule has 1 aromatic carbocycles. The molecule has 0 aliphatic carbocycles. The first kappa shape index (κ1) is 21.5. The highest BCUT2D eigenvalue weighted by molar-refractivity contribution is 5.54. The highest BCUT2D eigenvalue weighted by Gasteiger charge is 2.28. The smallest absolute Gasteiger partial charge is 0.224 e. The van der Waals surface area contributed by atoms with Crippen molar-refractivity contribution in [2.45, 2.75) is 38.3 Å². The maximum absolute atomic E-state index is 5.47. The average Bonchev–Trinajstić information content (AvgIpc) is 3.06. The fraction of sp³-hybridized carbons (Fsp3) is 0.565. The van der Waals surface area contributed by atoms with E-state index < -0.39 is 0 Å². The summed E-state index contributed by atoms with van der Waals surface area (Å²) < 4.78 is 16.3. The molecule has 1 N–H and O–H groups in total. The normalized spacial score (nSPS) is 17.6. The molecule has 2 aliphatic heterocycles. The molecule has 2 aliphatic rings. The Kier molecular flexibility index (Phi) is 6.96. The third-order valence-corrected chi connectivity index (χ3v) is 5.99. The molecule has 2 aromatic rings. The van der Waals surface area contributed by atoms with Gasteiger partial charge in [0.1, 0.15) is 5.82 Å². The summed E-state index contributed by atoms with van der Waals surface area (Å²) in [5.74, 6) is 3.75. The minimum atomic E-state index is 0.349. The first-order valence-corrected chi connectivity index (χ1v) is 11.1. The zero-order chi connectivity index (χ0) is 21.6. The van der Waals surface area contributed by atoms with Gasteiger partial charge in [-0.2, -0.15) is 4.98 Å². The van der Waals surface area contributed by atoms with Gasteiger partial charge in [-0.15, -0.1) is 0 Å². The largest absolute Gasteiger partial charge is 0.493 e. The summed E-state index contributed by atoms with van der Waals surface area (Å²) in [6.07, 6.45) is 6.98. The van der Waals surface area contributed by atoms with Gasteiger partial charge in [0.2, 0.25) is 11.7 Å². The van der Waals surface area contributed by atoms with Crippen molar-refractivity contribution in [2.75, 3.05) is 57.7 Å². The molecule has 0 spiro atoms. The van der Waals surface area contributed by atoms with E-state index in [9.17, 15) is 0 Å². The van der Waals surface area contributed by atoms with Crippen LogP contribution in [-0.2, 0) is 6.54 Å². The first-order chi connectivity index (χ1) is 15.2. The summed E-state index contributed by atoms with van der Waals surface area (Å²) in [6, 6.07) is 6.39. The van der Waals surface area contributed by atoms with Crippen LogP contribution in [0.25, 0.3) is 0 Å². The van der Waals surface area contributed by atoms with Crippen LogP contribution < -0.4 is 24.4 Å². The van der Waals surface area contributed by atoms with Crippen LogP contribution in [0.3, 0.4) is 0 Å². The quantitative estimate of drug-likeness (QED) is 0.689. The van der Waals surface area contributed by atoms with Crippen molar-refractivity contribution in [1.82, 2.24) is 14.9 Å². The molecule has 3 heterocycles. The van der Waals surface area contributed by atoms with E-state index >= 15 is 0 Å². The number of methoxy groups -OCH3 is 3. The second-order valence-corrected chi connectivity index (χ2v) is 8.21. The first-order valence-electron chi connectivity index (χ1n) is 11.1. The summed E-state index contributed by atoms with van der Waals surface area (Å²) >= 11 is 0. The van der Waals surface area contributed by atoms with Gasteiger partial charge in [0, 0.05) is 38.9 Å². The zero-order valence-corrected chi connectivity index (χ0v) is 18.8. The molecular formula is C23H33N5O3. The van der Waals surface area contributed by atoms with Crippen molar-refractivity contribution in [2.24, 2.45) is 0 Å². The van der Waals surface area contributed by atoms with Crippen molar-refractivity contribution in [3.63, 3.8) is 0 Å². The minimum Gasteiger partial charge on any atom is -0.493 e. The molecule has 31 heavy (non-hydrogen) atoms. The number of rotatable bonds is 8. The average molecular weight is 428 g/mol. The van der Waals surface area contributed by atoms with Crippen LogP contribution >= 0.6 is 0 Å². The van der Waals surface area contributed by atoms with E-state index in [0.29, 0.717) is 23.3 Å². The predicted octanol–water partition coefficient (Wildman–Crippen LogP) is 3.18. The number of likely N-dealkylation sites (tertiary alicyclic amines) is 1. The summed E-state index contributed by atoms with van der Waals surface area (Å²) in [7, 11) is 4.91. The van der Waals surface area contributed by atoms with Crippen LogP contribution in [0.2, 0.25) is 0 Å². The fourth-order valence-corrected chi connectivity index (χ4v) is 4.35. The Morgan fingerprint density at radius 1 is 0.968 bits per heavy atom. The topological polar surface area (TPSA) is 72.0 Å². The Bertz CT molecular complexity index is 839. The number of hydrogen-bond acceptors (Lipinski definition) is 8. The molecule has 0 saturated carbocycles. The second-order valence-electron chi connectivity index (χ2n) is 8.21. The predicted molar refractivity (Wildman–Crippen MR) is 121 cm³/mol. The van der Waals surface area contributed by atoms with E-state index in [1.54, 1.807) is 21.3 Å². The highest BCUT2D eigenvalue weighted by atomic mass is 16.5. The van der Waals surface area contributed by atoms with Crippen molar-refractivity contribution in [3.8, 4) is 17.2 Å². The van der Waals surface area contributed by atoms with Crippen molar-refractivity contribution < 1.29 is 14.2 Å². The maximum atomic E-state index is 5.47. The van der Waals surface area contributed by atoms with Crippen LogP contribution in [0.1, 0.15) is 31.2 Å². The molecule has 1 aromatic heterocycles. The Balaban J connectivity index is 1.32. The number of benzene rings is 1. The van der Waals surface area contributed by atoms with Crippen molar-refractivity contribution in [1.29, 1.82) is 0 Å². The fourth-order valence-electron chi connectivity index (χ4n) is 4.35. The molecule has 0 atom stereocenters. The van der Waals surface area contributed by atoms with Crippen LogP contribution in [-0.4, -0.2) is 68.4 Å². The van der Waals surface area contributed by atoms with Crippen LogP contribution in [0.15, 0.2) is 24.4 Å². The lowest BCUT2D eigenvalue weighted by Crippen LogP contribution is -2.54. The number of ether oxygens (including phenoxy) is 3. The molecular weight excluding hydrogens is 394 g/mol. The van der Waals surface area contributed by atoms with Gasteiger partial charge in [0.05, 0.1) is 27.4 Å². The standard InChI is InChI=1S/C23H33N5O3/c1-29-19-12-17(13-20(30-2)22(19)31-3)14-27-15-18(16-27)25-23-24-9-8-21(26-23)28-10-6-4-5-7-11-28/h8-9,12-13,18H,4-7,10-11,14-16H2,1-3H3,(H,24,25,26).